The number of carbonyl (C=O) groups is 2. The first kappa shape index (κ1) is 23.9. The van der Waals surface area contributed by atoms with E-state index in [0.29, 0.717) is 28.5 Å². The summed E-state index contributed by atoms with van der Waals surface area (Å²) in [5.41, 5.74) is 4.17. The van der Waals surface area contributed by atoms with Crippen LogP contribution in [0.2, 0.25) is 0 Å². The van der Waals surface area contributed by atoms with Gasteiger partial charge in [-0.05, 0) is 61.4 Å². The number of fused-ring (bicyclic) bond motifs is 1. The van der Waals surface area contributed by atoms with Crippen LogP contribution in [-0.2, 0) is 11.2 Å². The summed E-state index contributed by atoms with van der Waals surface area (Å²) >= 11 is 0. The Labute approximate surface area is 204 Å². The van der Waals surface area contributed by atoms with Crippen LogP contribution in [0.1, 0.15) is 22.8 Å². The van der Waals surface area contributed by atoms with Crippen LogP contribution >= 0.6 is 0 Å². The lowest BCUT2D eigenvalue weighted by molar-refractivity contribution is -0.118. The zero-order valence-corrected chi connectivity index (χ0v) is 20.1. The first-order valence-corrected chi connectivity index (χ1v) is 11.4. The predicted octanol–water partition coefficient (Wildman–Crippen LogP) is 4.36. The molecule has 2 amide bonds. The average molecular weight is 476 g/mol. The topological polar surface area (TPSA) is 89.1 Å². The van der Waals surface area contributed by atoms with E-state index >= 15 is 0 Å². The molecular weight excluding hydrogens is 446 g/mol. The zero-order chi connectivity index (χ0) is 24.8. The van der Waals surface area contributed by atoms with Crippen molar-refractivity contribution in [3.63, 3.8) is 0 Å². The summed E-state index contributed by atoms with van der Waals surface area (Å²) in [5.74, 6) is 0.657. The number of benzene rings is 3. The SMILES string of the molecule is CCN1CCc2ccc(NC(=O)c3ccc(OCC(=O)Nc4ccccc4OC)c(OC)c3)cc21. The lowest BCUT2D eigenvalue weighted by Gasteiger charge is -2.17. The Hall–Kier alpha value is -4.20. The van der Waals surface area contributed by atoms with E-state index < -0.39 is 0 Å². The number of anilines is 3. The molecule has 0 aliphatic carbocycles. The molecule has 1 aliphatic heterocycles. The lowest BCUT2D eigenvalue weighted by Crippen LogP contribution is -2.21. The standard InChI is InChI=1S/C27H29N3O5/c1-4-30-14-13-18-9-11-20(16-22(18)30)28-27(32)19-10-12-24(25(15-19)34-3)35-17-26(31)29-21-7-5-6-8-23(21)33-2/h5-12,15-16H,4,13-14,17H2,1-3H3,(H,28,32)(H,29,31). The summed E-state index contributed by atoms with van der Waals surface area (Å²) < 4.78 is 16.3. The van der Waals surface area contributed by atoms with Crippen molar-refractivity contribution in [3.05, 3.63) is 71.8 Å². The first-order valence-electron chi connectivity index (χ1n) is 11.4. The molecule has 0 aromatic heterocycles. The molecule has 0 spiro atoms. The van der Waals surface area contributed by atoms with Crippen molar-refractivity contribution in [2.45, 2.75) is 13.3 Å². The molecule has 1 heterocycles. The van der Waals surface area contributed by atoms with Crippen molar-refractivity contribution in [3.8, 4) is 17.2 Å². The molecule has 182 valence electrons. The van der Waals surface area contributed by atoms with E-state index in [1.54, 1.807) is 36.4 Å². The minimum absolute atomic E-state index is 0.233. The van der Waals surface area contributed by atoms with Crippen LogP contribution in [0, 0.1) is 0 Å². The van der Waals surface area contributed by atoms with Gasteiger partial charge in [-0.15, -0.1) is 0 Å². The van der Waals surface area contributed by atoms with Crippen LogP contribution in [0.3, 0.4) is 0 Å². The van der Waals surface area contributed by atoms with E-state index in [2.05, 4.69) is 28.5 Å². The fraction of sp³-hybridized carbons (Fsp3) is 0.259. The fourth-order valence-corrected chi connectivity index (χ4v) is 4.06. The van der Waals surface area contributed by atoms with Gasteiger partial charge in [-0.3, -0.25) is 9.59 Å². The van der Waals surface area contributed by atoms with Crippen LogP contribution in [0.15, 0.2) is 60.7 Å². The number of hydrogen-bond donors (Lipinski definition) is 2. The molecule has 8 nitrogen and oxygen atoms in total. The van der Waals surface area contributed by atoms with Crippen molar-refractivity contribution in [1.82, 2.24) is 0 Å². The maximum Gasteiger partial charge on any atom is 0.262 e. The van der Waals surface area contributed by atoms with Crippen LogP contribution in [0.25, 0.3) is 0 Å². The van der Waals surface area contributed by atoms with Gasteiger partial charge in [-0.2, -0.15) is 0 Å². The van der Waals surface area contributed by atoms with Crippen molar-refractivity contribution in [1.29, 1.82) is 0 Å². The number of amides is 2. The number of nitrogens with zero attached hydrogens (tertiary/aromatic N) is 1. The minimum Gasteiger partial charge on any atom is -0.495 e. The van der Waals surface area contributed by atoms with Crippen LogP contribution in [-0.4, -0.2) is 45.7 Å². The van der Waals surface area contributed by atoms with E-state index in [-0.39, 0.29) is 18.4 Å². The highest BCUT2D eigenvalue weighted by Crippen LogP contribution is 2.32. The van der Waals surface area contributed by atoms with Gasteiger partial charge in [0.2, 0.25) is 0 Å². The Balaban J connectivity index is 1.40. The Morgan fingerprint density at radius 1 is 0.914 bits per heavy atom. The third kappa shape index (κ3) is 5.48. The quantitative estimate of drug-likeness (QED) is 0.478. The number of para-hydroxylation sites is 2. The largest absolute Gasteiger partial charge is 0.495 e. The molecule has 0 radical (unpaired) electrons. The maximum absolute atomic E-state index is 12.9. The molecule has 0 saturated heterocycles. The number of rotatable bonds is 9. The van der Waals surface area contributed by atoms with Gasteiger partial charge in [-0.25, -0.2) is 0 Å². The first-order chi connectivity index (χ1) is 17.0. The summed E-state index contributed by atoms with van der Waals surface area (Å²) in [4.78, 5) is 27.5. The molecular formula is C27H29N3O5. The van der Waals surface area contributed by atoms with Crippen molar-refractivity contribution in [2.75, 3.05) is 49.4 Å². The Morgan fingerprint density at radius 3 is 2.49 bits per heavy atom. The highest BCUT2D eigenvalue weighted by molar-refractivity contribution is 6.05. The molecule has 0 saturated carbocycles. The van der Waals surface area contributed by atoms with Gasteiger partial charge in [0.15, 0.2) is 18.1 Å². The summed E-state index contributed by atoms with van der Waals surface area (Å²) in [7, 11) is 3.02. The normalized spacial score (nSPS) is 12.0. The number of carbonyl (C=O) groups excluding carboxylic acids is 2. The molecule has 0 unspecified atom stereocenters. The predicted molar refractivity (Wildman–Crippen MR) is 136 cm³/mol. The molecule has 3 aromatic rings. The van der Waals surface area contributed by atoms with Gasteiger partial charge in [0.1, 0.15) is 5.75 Å². The van der Waals surface area contributed by atoms with Gasteiger partial charge in [0, 0.05) is 30.0 Å². The second-order valence-corrected chi connectivity index (χ2v) is 8.03. The Kier molecular flexibility index (Phi) is 7.40. The highest BCUT2D eigenvalue weighted by atomic mass is 16.5. The third-order valence-electron chi connectivity index (χ3n) is 5.88. The average Bonchev–Trinajstić information content (AvgIpc) is 3.30. The van der Waals surface area contributed by atoms with Crippen LogP contribution < -0.4 is 29.7 Å². The van der Waals surface area contributed by atoms with E-state index in [0.717, 1.165) is 30.9 Å². The van der Waals surface area contributed by atoms with E-state index in [9.17, 15) is 9.59 Å². The van der Waals surface area contributed by atoms with Gasteiger partial charge in [0.05, 0.1) is 19.9 Å². The van der Waals surface area contributed by atoms with Gasteiger partial charge >= 0.3 is 0 Å². The molecule has 3 aromatic carbocycles. The molecule has 0 atom stereocenters. The van der Waals surface area contributed by atoms with Crippen molar-refractivity contribution >= 4 is 28.9 Å². The van der Waals surface area contributed by atoms with Gasteiger partial charge in [-0.1, -0.05) is 18.2 Å². The highest BCUT2D eigenvalue weighted by Gasteiger charge is 2.19. The zero-order valence-electron chi connectivity index (χ0n) is 20.1. The van der Waals surface area contributed by atoms with Crippen LogP contribution in [0.5, 0.6) is 17.2 Å². The lowest BCUT2D eigenvalue weighted by atomic mass is 10.1. The van der Waals surface area contributed by atoms with Crippen LogP contribution in [0.4, 0.5) is 17.1 Å². The van der Waals surface area contributed by atoms with Gasteiger partial charge in [0.25, 0.3) is 11.8 Å². The molecule has 0 fully saturated rings. The second kappa shape index (κ2) is 10.8. The summed E-state index contributed by atoms with van der Waals surface area (Å²) in [6, 6.07) is 18.0. The van der Waals surface area contributed by atoms with E-state index in [1.807, 2.05) is 18.2 Å². The molecule has 0 bridgehead atoms. The molecule has 2 N–H and O–H groups in total. The maximum atomic E-state index is 12.9. The number of hydrogen-bond acceptors (Lipinski definition) is 6. The summed E-state index contributed by atoms with van der Waals surface area (Å²) in [5, 5.41) is 5.71. The smallest absolute Gasteiger partial charge is 0.262 e. The fourth-order valence-electron chi connectivity index (χ4n) is 4.06. The number of ether oxygens (including phenoxy) is 3. The van der Waals surface area contributed by atoms with Crippen molar-refractivity contribution in [2.24, 2.45) is 0 Å². The molecule has 8 heteroatoms. The van der Waals surface area contributed by atoms with Crippen molar-refractivity contribution < 1.29 is 23.8 Å². The third-order valence-corrected chi connectivity index (χ3v) is 5.88. The molecule has 4 rings (SSSR count). The Bertz CT molecular complexity index is 1230. The summed E-state index contributed by atoms with van der Waals surface area (Å²) in [6.07, 6.45) is 1.02. The Morgan fingerprint density at radius 2 is 1.71 bits per heavy atom. The second-order valence-electron chi connectivity index (χ2n) is 8.03. The van der Waals surface area contributed by atoms with Gasteiger partial charge < -0.3 is 29.7 Å². The van der Waals surface area contributed by atoms with E-state index in [4.69, 9.17) is 14.2 Å². The molecule has 1 aliphatic rings. The summed E-state index contributed by atoms with van der Waals surface area (Å²) in [6.45, 7) is 3.82. The molecule has 35 heavy (non-hydrogen) atoms. The number of methoxy groups -OCH3 is 2. The monoisotopic (exact) mass is 475 g/mol. The van der Waals surface area contributed by atoms with E-state index in [1.165, 1.54) is 19.8 Å². The number of likely N-dealkylation sites (N-methyl/N-ethyl adjacent to an activating group) is 1. The minimum atomic E-state index is -0.351. The number of nitrogens with one attached hydrogen (secondary N) is 2.